The van der Waals surface area contributed by atoms with E-state index in [0.29, 0.717) is 0 Å². The molecule has 0 unspecified atom stereocenters. The number of aryl methyl sites for hydroxylation is 1. The Hall–Kier alpha value is -0.570. The Bertz CT molecular complexity index is 252. The normalized spacial score (nSPS) is 16.9. The quantitative estimate of drug-likeness (QED) is 0.672. The van der Waals surface area contributed by atoms with Crippen LogP contribution in [0.2, 0.25) is 0 Å². The first-order valence-electron chi connectivity index (χ1n) is 3.92. The minimum atomic E-state index is 0.778. The fourth-order valence-corrected chi connectivity index (χ4v) is 1.96. The average molecular weight is 168 g/mol. The molecule has 1 aliphatic rings. The summed E-state index contributed by atoms with van der Waals surface area (Å²) < 4.78 is 0. The maximum atomic E-state index is 4.42. The van der Waals surface area contributed by atoms with Gasteiger partial charge in [0.15, 0.2) is 5.13 Å². The van der Waals surface area contributed by atoms with Crippen molar-refractivity contribution >= 4 is 16.5 Å². The van der Waals surface area contributed by atoms with Gasteiger partial charge in [0.1, 0.15) is 0 Å². The van der Waals surface area contributed by atoms with Crippen molar-refractivity contribution in [2.45, 2.75) is 25.8 Å². The van der Waals surface area contributed by atoms with E-state index in [-0.39, 0.29) is 0 Å². The summed E-state index contributed by atoms with van der Waals surface area (Å²) in [6.45, 7) is 2.04. The third kappa shape index (κ3) is 1.38. The maximum absolute atomic E-state index is 4.42. The van der Waals surface area contributed by atoms with Gasteiger partial charge in [-0.1, -0.05) is 0 Å². The average Bonchev–Trinajstić information content (AvgIpc) is 2.74. The number of hydrogen-bond acceptors (Lipinski definition) is 3. The molecule has 0 atom stereocenters. The highest BCUT2D eigenvalue weighted by molar-refractivity contribution is 7.13. The molecule has 0 saturated heterocycles. The van der Waals surface area contributed by atoms with Crippen LogP contribution >= 0.6 is 11.3 Å². The number of rotatable bonds is 2. The number of aromatic nitrogens is 1. The Kier molecular flexibility index (Phi) is 1.60. The molecule has 0 amide bonds. The van der Waals surface area contributed by atoms with Crippen molar-refractivity contribution in [2.24, 2.45) is 0 Å². The number of hydrogen-bond donors (Lipinski definition) is 0. The molecule has 0 radical (unpaired) electrons. The van der Waals surface area contributed by atoms with Gasteiger partial charge in [0, 0.05) is 18.5 Å². The molecule has 1 fully saturated rings. The number of anilines is 1. The molecule has 2 rings (SSSR count). The van der Waals surface area contributed by atoms with Crippen molar-refractivity contribution < 1.29 is 0 Å². The molecule has 1 aliphatic carbocycles. The predicted octanol–water partition coefficient (Wildman–Crippen LogP) is 2.05. The van der Waals surface area contributed by atoms with Gasteiger partial charge in [-0.3, -0.25) is 0 Å². The molecule has 0 aromatic carbocycles. The van der Waals surface area contributed by atoms with Crippen LogP contribution in [0.5, 0.6) is 0 Å². The number of thiazole rings is 1. The van der Waals surface area contributed by atoms with E-state index in [4.69, 9.17) is 0 Å². The second kappa shape index (κ2) is 2.48. The molecular weight excluding hydrogens is 156 g/mol. The minimum absolute atomic E-state index is 0.778. The second-order valence-electron chi connectivity index (χ2n) is 3.11. The van der Waals surface area contributed by atoms with E-state index in [1.54, 1.807) is 11.3 Å². The van der Waals surface area contributed by atoms with Gasteiger partial charge in [-0.15, -0.1) is 11.3 Å². The molecule has 3 heteroatoms. The zero-order valence-corrected chi connectivity index (χ0v) is 7.69. The zero-order valence-electron chi connectivity index (χ0n) is 6.87. The molecule has 0 bridgehead atoms. The van der Waals surface area contributed by atoms with Crippen molar-refractivity contribution in [3.8, 4) is 0 Å². The SMILES string of the molecule is Cc1csc(N(C)C2CC2)n1. The first-order chi connectivity index (χ1) is 5.27. The van der Waals surface area contributed by atoms with Gasteiger partial charge in [0.2, 0.25) is 0 Å². The van der Waals surface area contributed by atoms with Crippen molar-refractivity contribution in [3.05, 3.63) is 11.1 Å². The van der Waals surface area contributed by atoms with Gasteiger partial charge < -0.3 is 4.90 Å². The molecular formula is C8H12N2S. The summed E-state index contributed by atoms with van der Waals surface area (Å²) >= 11 is 1.74. The van der Waals surface area contributed by atoms with Gasteiger partial charge in [-0.25, -0.2) is 4.98 Å². The van der Waals surface area contributed by atoms with Crippen LogP contribution in [0.1, 0.15) is 18.5 Å². The van der Waals surface area contributed by atoms with Crippen LogP contribution in [-0.2, 0) is 0 Å². The minimum Gasteiger partial charge on any atom is -0.348 e. The Labute approximate surface area is 70.9 Å². The summed E-state index contributed by atoms with van der Waals surface area (Å²) in [5.41, 5.74) is 1.14. The molecule has 0 N–H and O–H groups in total. The van der Waals surface area contributed by atoms with Crippen LogP contribution in [-0.4, -0.2) is 18.1 Å². The molecule has 1 heterocycles. The summed E-state index contributed by atoms with van der Waals surface area (Å²) in [5.74, 6) is 0. The van der Waals surface area contributed by atoms with E-state index in [2.05, 4.69) is 22.3 Å². The lowest BCUT2D eigenvalue weighted by Crippen LogP contribution is -2.18. The van der Waals surface area contributed by atoms with Crippen molar-refractivity contribution in [2.75, 3.05) is 11.9 Å². The zero-order chi connectivity index (χ0) is 7.84. The first kappa shape index (κ1) is 7.10. The third-order valence-electron chi connectivity index (χ3n) is 2.00. The molecule has 0 spiro atoms. The highest BCUT2D eigenvalue weighted by Crippen LogP contribution is 2.31. The van der Waals surface area contributed by atoms with Crippen LogP contribution in [0.4, 0.5) is 5.13 Å². The van der Waals surface area contributed by atoms with Crippen LogP contribution < -0.4 is 4.90 Å². The fourth-order valence-electron chi connectivity index (χ4n) is 1.12. The number of nitrogens with zero attached hydrogens (tertiary/aromatic N) is 2. The Morgan fingerprint density at radius 3 is 2.82 bits per heavy atom. The molecule has 1 aromatic rings. The van der Waals surface area contributed by atoms with Crippen LogP contribution in [0.15, 0.2) is 5.38 Å². The highest BCUT2D eigenvalue weighted by atomic mass is 32.1. The van der Waals surface area contributed by atoms with Crippen molar-refractivity contribution in [1.29, 1.82) is 0 Å². The standard InChI is InChI=1S/C8H12N2S/c1-6-5-11-8(9-6)10(2)7-3-4-7/h5,7H,3-4H2,1-2H3. The highest BCUT2D eigenvalue weighted by Gasteiger charge is 2.27. The lowest BCUT2D eigenvalue weighted by atomic mass is 10.6. The van der Waals surface area contributed by atoms with Gasteiger partial charge in [-0.05, 0) is 19.8 Å². The summed E-state index contributed by atoms with van der Waals surface area (Å²) in [7, 11) is 2.13. The Morgan fingerprint density at radius 2 is 2.36 bits per heavy atom. The van der Waals surface area contributed by atoms with E-state index in [1.807, 2.05) is 6.92 Å². The third-order valence-corrected chi connectivity index (χ3v) is 3.05. The smallest absolute Gasteiger partial charge is 0.185 e. The molecule has 60 valence electrons. The van der Waals surface area contributed by atoms with Gasteiger partial charge in [0.05, 0.1) is 5.69 Å². The van der Waals surface area contributed by atoms with Gasteiger partial charge in [0.25, 0.3) is 0 Å². The van der Waals surface area contributed by atoms with E-state index in [1.165, 1.54) is 18.0 Å². The van der Waals surface area contributed by atoms with Crippen LogP contribution in [0, 0.1) is 6.92 Å². The lowest BCUT2D eigenvalue weighted by molar-refractivity contribution is 0.905. The largest absolute Gasteiger partial charge is 0.348 e. The Morgan fingerprint density at radius 1 is 1.64 bits per heavy atom. The van der Waals surface area contributed by atoms with Gasteiger partial charge >= 0.3 is 0 Å². The van der Waals surface area contributed by atoms with Gasteiger partial charge in [-0.2, -0.15) is 0 Å². The lowest BCUT2D eigenvalue weighted by Gasteiger charge is -2.13. The second-order valence-corrected chi connectivity index (χ2v) is 3.95. The maximum Gasteiger partial charge on any atom is 0.185 e. The topological polar surface area (TPSA) is 16.1 Å². The molecule has 1 saturated carbocycles. The van der Waals surface area contributed by atoms with E-state index < -0.39 is 0 Å². The van der Waals surface area contributed by atoms with E-state index in [9.17, 15) is 0 Å². The summed E-state index contributed by atoms with van der Waals surface area (Å²) in [6.07, 6.45) is 2.68. The van der Waals surface area contributed by atoms with E-state index >= 15 is 0 Å². The van der Waals surface area contributed by atoms with Crippen LogP contribution in [0.3, 0.4) is 0 Å². The van der Waals surface area contributed by atoms with Crippen molar-refractivity contribution in [3.63, 3.8) is 0 Å². The summed E-state index contributed by atoms with van der Waals surface area (Å²) in [6, 6.07) is 0.778. The molecule has 2 nitrogen and oxygen atoms in total. The molecule has 1 aromatic heterocycles. The first-order valence-corrected chi connectivity index (χ1v) is 4.80. The van der Waals surface area contributed by atoms with Crippen LogP contribution in [0.25, 0.3) is 0 Å². The monoisotopic (exact) mass is 168 g/mol. The molecule has 0 aliphatic heterocycles. The molecule has 11 heavy (non-hydrogen) atoms. The Balaban J connectivity index is 2.14. The summed E-state index contributed by atoms with van der Waals surface area (Å²) in [5, 5.41) is 3.28. The van der Waals surface area contributed by atoms with E-state index in [0.717, 1.165) is 11.7 Å². The fraction of sp³-hybridized carbons (Fsp3) is 0.625. The summed E-state index contributed by atoms with van der Waals surface area (Å²) in [4.78, 5) is 6.71. The predicted molar refractivity (Wildman–Crippen MR) is 48.3 cm³/mol. The van der Waals surface area contributed by atoms with Crippen molar-refractivity contribution in [1.82, 2.24) is 4.98 Å².